The molecule has 0 radical (unpaired) electrons. The number of likely N-dealkylation sites (tertiary alicyclic amines) is 2. The lowest BCUT2D eigenvalue weighted by Gasteiger charge is -2.30. The van der Waals surface area contributed by atoms with E-state index >= 15 is 0 Å². The van der Waals surface area contributed by atoms with Crippen LogP contribution in [0.5, 0.6) is 0 Å². The van der Waals surface area contributed by atoms with Crippen LogP contribution in [0.3, 0.4) is 0 Å². The topological polar surface area (TPSA) is 155 Å². The summed E-state index contributed by atoms with van der Waals surface area (Å²) in [6, 6.07) is 15.5. The smallest absolute Gasteiger partial charge is 0.410 e. The normalized spacial score (nSPS) is 19.4. The van der Waals surface area contributed by atoms with Crippen LogP contribution in [0.25, 0.3) is 33.6 Å². The van der Waals surface area contributed by atoms with E-state index in [0.29, 0.717) is 19.7 Å². The Morgan fingerprint density at radius 1 is 0.849 bits per heavy atom. The predicted molar refractivity (Wildman–Crippen MR) is 201 cm³/mol. The summed E-state index contributed by atoms with van der Waals surface area (Å²) < 4.78 is 15.9. The molecule has 4 aromatic rings. The number of methoxy groups -OCH3 is 2. The van der Waals surface area contributed by atoms with Crippen molar-refractivity contribution >= 4 is 18.1 Å². The minimum atomic E-state index is -0.681. The second-order valence-corrected chi connectivity index (χ2v) is 15.3. The molecule has 2 saturated heterocycles. The molecule has 2 fully saturated rings. The zero-order valence-corrected chi connectivity index (χ0v) is 31.6. The summed E-state index contributed by atoms with van der Waals surface area (Å²) in [5.41, 5.74) is 5.26. The number of rotatable bonds is 10. The molecule has 3 N–H and O–H groups in total. The highest BCUT2D eigenvalue weighted by atomic mass is 16.6. The summed E-state index contributed by atoms with van der Waals surface area (Å²) in [4.78, 5) is 58.4. The quantitative estimate of drug-likeness (QED) is 0.156. The SMILES string of the molecule is COCC1CC(c2ncc(-c3ccc(-c4ccc(-c5cnc(C6CCCN6C(=O)C(NC(=O)OC)C(C)C)[nH]5)cc4)cc3)[nH]2)N(C(=O)OC(C)(C)C)C1. The van der Waals surface area contributed by atoms with E-state index in [2.05, 4.69) is 68.8 Å². The molecule has 282 valence electrons. The summed E-state index contributed by atoms with van der Waals surface area (Å²) in [5.74, 6) is 1.42. The summed E-state index contributed by atoms with van der Waals surface area (Å²) in [6.07, 6.45) is 5.04. The number of aromatic nitrogens is 4. The number of amides is 3. The average molecular weight is 726 g/mol. The van der Waals surface area contributed by atoms with Crippen molar-refractivity contribution in [1.82, 2.24) is 35.1 Å². The van der Waals surface area contributed by atoms with Gasteiger partial charge in [0.15, 0.2) is 0 Å². The van der Waals surface area contributed by atoms with E-state index in [1.807, 2.05) is 45.7 Å². The minimum absolute atomic E-state index is 0.0989. The molecular weight excluding hydrogens is 674 g/mol. The molecule has 13 nitrogen and oxygen atoms in total. The van der Waals surface area contributed by atoms with Crippen LogP contribution in [-0.4, -0.2) is 93.4 Å². The zero-order chi connectivity index (χ0) is 37.9. The third-order valence-electron chi connectivity index (χ3n) is 9.89. The van der Waals surface area contributed by atoms with Crippen molar-refractivity contribution in [3.8, 4) is 33.6 Å². The van der Waals surface area contributed by atoms with Gasteiger partial charge in [0.1, 0.15) is 23.3 Å². The maximum absolute atomic E-state index is 13.5. The molecule has 2 aromatic carbocycles. The van der Waals surface area contributed by atoms with Gasteiger partial charge in [-0.15, -0.1) is 0 Å². The molecule has 2 aromatic heterocycles. The van der Waals surface area contributed by atoms with Crippen molar-refractivity contribution in [1.29, 1.82) is 0 Å². The van der Waals surface area contributed by atoms with Crippen molar-refractivity contribution < 1.29 is 28.6 Å². The predicted octanol–water partition coefficient (Wildman–Crippen LogP) is 7.12. The van der Waals surface area contributed by atoms with E-state index in [1.54, 1.807) is 18.2 Å². The first-order valence-corrected chi connectivity index (χ1v) is 18.3. The number of benzene rings is 2. The fraction of sp³-hybridized carbons (Fsp3) is 0.475. The molecular formula is C40H51N7O6. The van der Waals surface area contributed by atoms with Crippen LogP contribution in [0.15, 0.2) is 60.9 Å². The van der Waals surface area contributed by atoms with E-state index in [4.69, 9.17) is 19.2 Å². The van der Waals surface area contributed by atoms with Gasteiger partial charge in [-0.25, -0.2) is 19.6 Å². The minimum Gasteiger partial charge on any atom is -0.453 e. The Hall–Kier alpha value is -5.17. The van der Waals surface area contributed by atoms with Crippen LogP contribution in [0.4, 0.5) is 9.59 Å². The zero-order valence-electron chi connectivity index (χ0n) is 31.6. The van der Waals surface area contributed by atoms with E-state index in [0.717, 1.165) is 64.6 Å². The van der Waals surface area contributed by atoms with Crippen LogP contribution in [-0.2, 0) is 19.0 Å². The Morgan fingerprint density at radius 3 is 1.91 bits per heavy atom. The summed E-state index contributed by atoms with van der Waals surface area (Å²) in [7, 11) is 2.97. The standard InChI is InChI=1S/C40H51N7O6/c1-24(2)34(45-38(49)52-7)37(48)46-18-8-9-32(46)35-41-20-30(43-35)28-14-10-26(11-15-28)27-12-16-29(17-13-27)31-21-42-36(44-31)33-19-25(23-51-6)22-47(33)39(50)53-40(3,4)5/h10-17,20-21,24-25,32-34H,8-9,18-19,22-23H2,1-7H3,(H,41,43)(H,42,44)(H,45,49). The van der Waals surface area contributed by atoms with E-state index in [9.17, 15) is 14.4 Å². The third-order valence-corrected chi connectivity index (χ3v) is 9.89. The Bertz CT molecular complexity index is 1880. The summed E-state index contributed by atoms with van der Waals surface area (Å²) in [6.45, 7) is 11.1. The molecule has 2 aliphatic heterocycles. The number of hydrogen-bond acceptors (Lipinski definition) is 8. The molecule has 53 heavy (non-hydrogen) atoms. The number of hydrogen-bond donors (Lipinski definition) is 3. The van der Waals surface area contributed by atoms with Gasteiger partial charge in [0.2, 0.25) is 5.91 Å². The highest BCUT2D eigenvalue weighted by Crippen LogP contribution is 2.37. The number of carbonyl (C=O) groups is 3. The van der Waals surface area contributed by atoms with Gasteiger partial charge in [-0.1, -0.05) is 62.4 Å². The number of aromatic amines is 2. The molecule has 0 saturated carbocycles. The van der Waals surface area contributed by atoms with Gasteiger partial charge < -0.3 is 34.4 Å². The average Bonchev–Trinajstić information content (AvgIpc) is 3.96. The Labute approximate surface area is 310 Å². The third kappa shape index (κ3) is 8.56. The van der Waals surface area contributed by atoms with E-state index in [-0.39, 0.29) is 35.9 Å². The van der Waals surface area contributed by atoms with Gasteiger partial charge in [-0.3, -0.25) is 9.69 Å². The van der Waals surface area contributed by atoms with Gasteiger partial charge in [0.05, 0.1) is 49.6 Å². The molecule has 4 atom stereocenters. The van der Waals surface area contributed by atoms with Crippen molar-refractivity contribution in [2.45, 2.75) is 77.6 Å². The van der Waals surface area contributed by atoms with Crippen molar-refractivity contribution in [3.05, 3.63) is 72.6 Å². The van der Waals surface area contributed by atoms with Crippen LogP contribution in [0, 0.1) is 11.8 Å². The lowest BCUT2D eigenvalue weighted by atomic mass is 10.0. The second-order valence-electron chi connectivity index (χ2n) is 15.3. The molecule has 6 rings (SSSR count). The highest BCUT2D eigenvalue weighted by molar-refractivity contribution is 5.86. The van der Waals surface area contributed by atoms with E-state index in [1.165, 1.54) is 7.11 Å². The number of ether oxygens (including phenoxy) is 3. The van der Waals surface area contributed by atoms with Gasteiger partial charge in [-0.2, -0.15) is 0 Å². The maximum atomic E-state index is 13.5. The molecule has 4 heterocycles. The number of imidazole rings is 2. The van der Waals surface area contributed by atoms with Gasteiger partial charge in [0.25, 0.3) is 0 Å². The number of carbonyl (C=O) groups excluding carboxylic acids is 3. The second kappa shape index (κ2) is 15.8. The molecule has 0 aliphatic carbocycles. The Balaban J connectivity index is 1.12. The molecule has 2 aliphatic rings. The van der Waals surface area contributed by atoms with Crippen LogP contribution < -0.4 is 5.32 Å². The lowest BCUT2D eigenvalue weighted by molar-refractivity contribution is -0.135. The first kappa shape index (κ1) is 37.6. The van der Waals surface area contributed by atoms with Gasteiger partial charge in [-0.05, 0) is 68.2 Å². The molecule has 13 heteroatoms. The fourth-order valence-electron chi connectivity index (χ4n) is 7.24. The van der Waals surface area contributed by atoms with Gasteiger partial charge >= 0.3 is 12.2 Å². The van der Waals surface area contributed by atoms with Crippen molar-refractivity contribution in [3.63, 3.8) is 0 Å². The Kier molecular flexibility index (Phi) is 11.2. The van der Waals surface area contributed by atoms with E-state index < -0.39 is 17.7 Å². The van der Waals surface area contributed by atoms with Crippen LogP contribution in [0.2, 0.25) is 0 Å². The lowest BCUT2D eigenvalue weighted by Crippen LogP contribution is -2.51. The van der Waals surface area contributed by atoms with Crippen molar-refractivity contribution in [2.75, 3.05) is 33.9 Å². The maximum Gasteiger partial charge on any atom is 0.410 e. The van der Waals surface area contributed by atoms with Crippen LogP contribution >= 0.6 is 0 Å². The highest BCUT2D eigenvalue weighted by Gasteiger charge is 2.40. The van der Waals surface area contributed by atoms with Crippen molar-refractivity contribution in [2.24, 2.45) is 11.8 Å². The summed E-state index contributed by atoms with van der Waals surface area (Å²) in [5, 5.41) is 2.70. The van der Waals surface area contributed by atoms with Crippen LogP contribution in [0.1, 0.15) is 77.6 Å². The summed E-state index contributed by atoms with van der Waals surface area (Å²) >= 11 is 0. The number of alkyl carbamates (subject to hydrolysis) is 1. The molecule has 3 amide bonds. The number of H-pyrrole nitrogens is 2. The first-order valence-electron chi connectivity index (χ1n) is 18.3. The molecule has 4 unspecified atom stereocenters. The van der Waals surface area contributed by atoms with Gasteiger partial charge in [0, 0.05) is 26.1 Å². The Morgan fingerprint density at radius 2 is 1.40 bits per heavy atom. The molecule has 0 spiro atoms. The first-order chi connectivity index (χ1) is 25.3. The fourth-order valence-corrected chi connectivity index (χ4v) is 7.24. The monoisotopic (exact) mass is 725 g/mol. The molecule has 0 bridgehead atoms. The number of nitrogens with zero attached hydrogens (tertiary/aromatic N) is 4. The largest absolute Gasteiger partial charge is 0.453 e. The number of nitrogens with one attached hydrogen (secondary N) is 3.